The summed E-state index contributed by atoms with van der Waals surface area (Å²) in [6.45, 7) is 0. The third-order valence-corrected chi connectivity index (χ3v) is 2.74. The van der Waals surface area contributed by atoms with Gasteiger partial charge in [0, 0.05) is 7.05 Å². The van der Waals surface area contributed by atoms with Gasteiger partial charge in [-0.1, -0.05) is 12.1 Å². The van der Waals surface area contributed by atoms with Crippen LogP contribution in [-0.4, -0.2) is 24.0 Å². The zero-order valence-corrected chi connectivity index (χ0v) is 9.52. The van der Waals surface area contributed by atoms with E-state index in [9.17, 15) is 10.1 Å². The van der Waals surface area contributed by atoms with E-state index in [1.54, 1.807) is 22.5 Å². The van der Waals surface area contributed by atoms with Crippen molar-refractivity contribution in [1.29, 1.82) is 0 Å². The molecule has 0 radical (unpaired) electrons. The van der Waals surface area contributed by atoms with Crippen molar-refractivity contribution in [3.63, 3.8) is 0 Å². The molecule has 0 amide bonds. The summed E-state index contributed by atoms with van der Waals surface area (Å²) < 4.78 is 3.27. The molecule has 7 heteroatoms. The van der Waals surface area contributed by atoms with Crippen molar-refractivity contribution in [2.24, 2.45) is 7.05 Å². The minimum Gasteiger partial charge on any atom is -0.358 e. The summed E-state index contributed by atoms with van der Waals surface area (Å²) >= 11 is 0. The van der Waals surface area contributed by atoms with E-state index in [4.69, 9.17) is 0 Å². The fourth-order valence-corrected chi connectivity index (χ4v) is 1.95. The standard InChI is InChI=1S/C11H9N5O2/c1-14-6-13-10(16(17)18)11(14)15-7-12-8-4-2-3-5-9(8)15/h2-7H,1H3. The maximum Gasteiger partial charge on any atom is 0.407 e. The lowest BCUT2D eigenvalue weighted by atomic mass is 10.3. The first-order valence-electron chi connectivity index (χ1n) is 5.26. The van der Waals surface area contributed by atoms with Gasteiger partial charge in [0.1, 0.15) is 6.33 Å². The molecule has 0 aliphatic heterocycles. The Labute approximate surface area is 101 Å². The molecular weight excluding hydrogens is 234 g/mol. The van der Waals surface area contributed by atoms with Gasteiger partial charge in [0.05, 0.1) is 11.0 Å². The number of nitrogens with zero attached hydrogens (tertiary/aromatic N) is 5. The zero-order chi connectivity index (χ0) is 12.7. The van der Waals surface area contributed by atoms with Crippen molar-refractivity contribution in [1.82, 2.24) is 19.1 Å². The number of imidazole rings is 2. The van der Waals surface area contributed by atoms with Gasteiger partial charge in [-0.25, -0.2) is 4.98 Å². The van der Waals surface area contributed by atoms with Crippen molar-refractivity contribution >= 4 is 16.9 Å². The third-order valence-electron chi connectivity index (χ3n) is 2.74. The summed E-state index contributed by atoms with van der Waals surface area (Å²) in [5.74, 6) is 0.217. The molecule has 0 saturated carbocycles. The smallest absolute Gasteiger partial charge is 0.358 e. The molecule has 0 fully saturated rings. The Kier molecular flexibility index (Phi) is 2.12. The zero-order valence-electron chi connectivity index (χ0n) is 9.52. The Bertz CT molecular complexity index is 743. The van der Waals surface area contributed by atoms with Gasteiger partial charge in [0.15, 0.2) is 0 Å². The number of aromatic nitrogens is 4. The molecule has 1 aromatic carbocycles. The van der Waals surface area contributed by atoms with Crippen LogP contribution in [0.15, 0.2) is 36.9 Å². The molecule has 18 heavy (non-hydrogen) atoms. The third kappa shape index (κ3) is 1.37. The average Bonchev–Trinajstić information content (AvgIpc) is 2.92. The fourth-order valence-electron chi connectivity index (χ4n) is 1.95. The minimum atomic E-state index is -0.496. The van der Waals surface area contributed by atoms with E-state index < -0.39 is 4.92 Å². The summed E-state index contributed by atoms with van der Waals surface area (Å²) in [5, 5.41) is 11.0. The maximum atomic E-state index is 11.0. The summed E-state index contributed by atoms with van der Waals surface area (Å²) in [6.07, 6.45) is 2.98. The Balaban J connectivity index is 2.33. The molecule has 7 nitrogen and oxygen atoms in total. The van der Waals surface area contributed by atoms with E-state index in [-0.39, 0.29) is 5.82 Å². The molecule has 90 valence electrons. The van der Waals surface area contributed by atoms with Crippen molar-refractivity contribution < 1.29 is 4.92 Å². The van der Waals surface area contributed by atoms with Gasteiger partial charge >= 0.3 is 5.82 Å². The number of nitro groups is 1. The lowest BCUT2D eigenvalue weighted by Crippen LogP contribution is -2.03. The van der Waals surface area contributed by atoms with Gasteiger partial charge in [-0.05, 0) is 22.0 Å². The molecule has 0 atom stereocenters. The Hall–Kier alpha value is -2.70. The number of hydrogen-bond donors (Lipinski definition) is 0. The van der Waals surface area contributed by atoms with Crippen molar-refractivity contribution in [3.8, 4) is 5.82 Å². The van der Waals surface area contributed by atoms with Crippen LogP contribution in [0.3, 0.4) is 0 Å². The van der Waals surface area contributed by atoms with Crippen LogP contribution in [0.4, 0.5) is 5.82 Å². The minimum absolute atomic E-state index is 0.180. The van der Waals surface area contributed by atoms with Crippen LogP contribution < -0.4 is 0 Å². The summed E-state index contributed by atoms with van der Waals surface area (Å²) in [4.78, 5) is 18.5. The predicted octanol–water partition coefficient (Wildman–Crippen LogP) is 1.67. The van der Waals surface area contributed by atoms with E-state index in [1.807, 2.05) is 24.3 Å². The molecule has 0 aliphatic rings. The van der Waals surface area contributed by atoms with Crippen molar-refractivity contribution in [3.05, 3.63) is 47.0 Å². The van der Waals surface area contributed by atoms with E-state index >= 15 is 0 Å². The lowest BCUT2D eigenvalue weighted by Gasteiger charge is -2.03. The largest absolute Gasteiger partial charge is 0.407 e. The number of benzene rings is 1. The van der Waals surface area contributed by atoms with Crippen LogP contribution in [0.5, 0.6) is 0 Å². The number of para-hydroxylation sites is 2. The molecule has 3 rings (SSSR count). The molecule has 0 saturated heterocycles. The summed E-state index contributed by atoms with van der Waals surface area (Å²) in [7, 11) is 1.71. The first-order chi connectivity index (χ1) is 8.68. The van der Waals surface area contributed by atoms with E-state index in [2.05, 4.69) is 9.97 Å². The summed E-state index contributed by atoms with van der Waals surface area (Å²) in [6, 6.07) is 7.45. The second kappa shape index (κ2) is 3.66. The first kappa shape index (κ1) is 10.5. The Morgan fingerprint density at radius 2 is 2.00 bits per heavy atom. The van der Waals surface area contributed by atoms with E-state index in [1.165, 1.54) is 6.33 Å². The molecular formula is C11H9N5O2. The van der Waals surface area contributed by atoms with E-state index in [0.29, 0.717) is 5.82 Å². The second-order valence-corrected chi connectivity index (χ2v) is 3.86. The molecule has 0 N–H and O–H groups in total. The SMILES string of the molecule is Cn1cnc([N+](=O)[O-])c1-n1cnc2ccccc21. The van der Waals surface area contributed by atoms with Gasteiger partial charge in [-0.15, -0.1) is 0 Å². The Morgan fingerprint density at radius 1 is 1.22 bits per heavy atom. The topological polar surface area (TPSA) is 78.8 Å². The second-order valence-electron chi connectivity index (χ2n) is 3.86. The predicted molar refractivity (Wildman–Crippen MR) is 64.5 cm³/mol. The number of fused-ring (bicyclic) bond motifs is 1. The number of rotatable bonds is 2. The molecule has 0 bridgehead atoms. The first-order valence-corrected chi connectivity index (χ1v) is 5.26. The van der Waals surface area contributed by atoms with Crippen LogP contribution in [0.1, 0.15) is 0 Å². The molecule has 0 spiro atoms. The quantitative estimate of drug-likeness (QED) is 0.506. The normalized spacial score (nSPS) is 10.9. The highest BCUT2D eigenvalue weighted by Gasteiger charge is 2.22. The van der Waals surface area contributed by atoms with Gasteiger partial charge in [0.2, 0.25) is 12.1 Å². The highest BCUT2D eigenvalue weighted by atomic mass is 16.6. The number of aryl methyl sites for hydroxylation is 1. The van der Waals surface area contributed by atoms with Gasteiger partial charge in [0.25, 0.3) is 0 Å². The van der Waals surface area contributed by atoms with Gasteiger partial charge in [-0.2, -0.15) is 0 Å². The van der Waals surface area contributed by atoms with Gasteiger partial charge < -0.3 is 10.1 Å². The molecule has 2 heterocycles. The van der Waals surface area contributed by atoms with Crippen molar-refractivity contribution in [2.45, 2.75) is 0 Å². The highest BCUT2D eigenvalue weighted by molar-refractivity contribution is 5.77. The number of hydrogen-bond acceptors (Lipinski definition) is 4. The van der Waals surface area contributed by atoms with Crippen LogP contribution in [0.2, 0.25) is 0 Å². The molecule has 3 aromatic rings. The van der Waals surface area contributed by atoms with Crippen molar-refractivity contribution in [2.75, 3.05) is 0 Å². The average molecular weight is 243 g/mol. The molecule has 0 unspecified atom stereocenters. The van der Waals surface area contributed by atoms with Gasteiger partial charge in [-0.3, -0.25) is 9.13 Å². The molecule has 0 aliphatic carbocycles. The highest BCUT2D eigenvalue weighted by Crippen LogP contribution is 2.24. The van der Waals surface area contributed by atoms with E-state index in [0.717, 1.165) is 11.0 Å². The molecule has 2 aromatic heterocycles. The van der Waals surface area contributed by atoms with Crippen LogP contribution in [0, 0.1) is 10.1 Å². The summed E-state index contributed by atoms with van der Waals surface area (Å²) in [5.41, 5.74) is 1.59. The fraction of sp³-hybridized carbons (Fsp3) is 0.0909. The lowest BCUT2D eigenvalue weighted by molar-refractivity contribution is -0.389. The van der Waals surface area contributed by atoms with Crippen LogP contribution >= 0.6 is 0 Å². The van der Waals surface area contributed by atoms with Crippen LogP contribution in [-0.2, 0) is 7.05 Å². The monoisotopic (exact) mass is 243 g/mol. The maximum absolute atomic E-state index is 11.0. The van der Waals surface area contributed by atoms with Crippen LogP contribution in [0.25, 0.3) is 16.9 Å². The Morgan fingerprint density at radius 3 is 2.78 bits per heavy atom.